The van der Waals surface area contributed by atoms with Crippen LogP contribution in [0.5, 0.6) is 0 Å². The number of carboxylic acids is 1. The number of aliphatic carboxylic acids is 1. The first-order valence-corrected chi connectivity index (χ1v) is 7.39. The lowest BCUT2D eigenvalue weighted by Crippen LogP contribution is -2.00. The predicted octanol–water partition coefficient (Wildman–Crippen LogP) is 3.58. The van der Waals surface area contributed by atoms with Crippen LogP contribution in [0.25, 0.3) is 0 Å². The lowest BCUT2D eigenvalue weighted by molar-refractivity contribution is -0.136. The standard InChI is InChI=1S/C15H16O2S/c16-15(17)11-12-18(13-7-3-1-4-8-13)14-9-5-2-6-10-14/h1-10,18H,11-12H2,(H,16,17). The van der Waals surface area contributed by atoms with Crippen LogP contribution < -0.4 is 0 Å². The van der Waals surface area contributed by atoms with Gasteiger partial charge in [0.1, 0.15) is 0 Å². The van der Waals surface area contributed by atoms with Crippen molar-refractivity contribution in [2.45, 2.75) is 16.2 Å². The van der Waals surface area contributed by atoms with E-state index in [1.165, 1.54) is 9.79 Å². The quantitative estimate of drug-likeness (QED) is 0.806. The zero-order chi connectivity index (χ0) is 12.8. The van der Waals surface area contributed by atoms with Crippen molar-refractivity contribution in [2.24, 2.45) is 0 Å². The van der Waals surface area contributed by atoms with Gasteiger partial charge in [0.25, 0.3) is 0 Å². The van der Waals surface area contributed by atoms with Gasteiger partial charge in [-0.3, -0.25) is 4.79 Å². The average Bonchev–Trinajstić information content (AvgIpc) is 2.41. The Morgan fingerprint density at radius 1 is 0.889 bits per heavy atom. The van der Waals surface area contributed by atoms with E-state index in [2.05, 4.69) is 24.3 Å². The summed E-state index contributed by atoms with van der Waals surface area (Å²) in [7, 11) is -0.564. The van der Waals surface area contributed by atoms with Crippen molar-refractivity contribution >= 4 is 16.9 Å². The highest BCUT2D eigenvalue weighted by Gasteiger charge is 2.11. The molecule has 0 fully saturated rings. The molecule has 2 rings (SSSR count). The molecule has 18 heavy (non-hydrogen) atoms. The minimum atomic E-state index is -0.727. The van der Waals surface area contributed by atoms with Crippen molar-refractivity contribution in [1.82, 2.24) is 0 Å². The van der Waals surface area contributed by atoms with Crippen molar-refractivity contribution in [1.29, 1.82) is 0 Å². The largest absolute Gasteiger partial charge is 0.481 e. The Kier molecular flexibility index (Phi) is 4.42. The Bertz CT molecular complexity index is 457. The molecule has 0 unspecified atom stereocenters. The smallest absolute Gasteiger partial charge is 0.304 e. The highest BCUT2D eigenvalue weighted by atomic mass is 32.2. The minimum absolute atomic E-state index is 0.218. The summed E-state index contributed by atoms with van der Waals surface area (Å²) in [5, 5.41) is 8.87. The van der Waals surface area contributed by atoms with Crippen LogP contribution in [0.1, 0.15) is 6.42 Å². The maximum absolute atomic E-state index is 10.8. The van der Waals surface area contributed by atoms with E-state index in [4.69, 9.17) is 5.11 Å². The number of hydrogen-bond acceptors (Lipinski definition) is 1. The maximum Gasteiger partial charge on any atom is 0.304 e. The first-order valence-electron chi connectivity index (χ1n) is 5.87. The summed E-state index contributed by atoms with van der Waals surface area (Å²) in [6.07, 6.45) is 0.218. The van der Waals surface area contributed by atoms with Gasteiger partial charge in [0.05, 0.1) is 6.42 Å². The molecule has 0 radical (unpaired) electrons. The zero-order valence-electron chi connectivity index (χ0n) is 9.99. The van der Waals surface area contributed by atoms with E-state index in [1.807, 2.05) is 36.4 Å². The van der Waals surface area contributed by atoms with Gasteiger partial charge in [-0.1, -0.05) is 60.7 Å². The molecule has 0 aliphatic rings. The molecule has 0 heterocycles. The maximum atomic E-state index is 10.8. The number of rotatable bonds is 5. The van der Waals surface area contributed by atoms with Crippen LogP contribution in [0.3, 0.4) is 0 Å². The van der Waals surface area contributed by atoms with E-state index in [1.54, 1.807) is 0 Å². The molecule has 94 valence electrons. The van der Waals surface area contributed by atoms with Crippen LogP contribution >= 0.6 is 10.9 Å². The Labute approximate surface area is 110 Å². The topological polar surface area (TPSA) is 37.3 Å². The summed E-state index contributed by atoms with van der Waals surface area (Å²) in [6, 6.07) is 20.3. The number of thiol groups is 1. The van der Waals surface area contributed by atoms with Crippen LogP contribution in [-0.2, 0) is 4.79 Å². The molecule has 0 aromatic heterocycles. The van der Waals surface area contributed by atoms with Gasteiger partial charge in [0.15, 0.2) is 0 Å². The second-order valence-corrected chi connectivity index (χ2v) is 6.30. The Balaban J connectivity index is 2.26. The zero-order valence-corrected chi connectivity index (χ0v) is 10.9. The van der Waals surface area contributed by atoms with Gasteiger partial charge in [-0.25, -0.2) is 0 Å². The van der Waals surface area contributed by atoms with Crippen LogP contribution in [-0.4, -0.2) is 16.8 Å². The molecule has 0 saturated carbocycles. The third-order valence-electron chi connectivity index (χ3n) is 2.69. The lowest BCUT2D eigenvalue weighted by atomic mass is 10.4. The van der Waals surface area contributed by atoms with Crippen molar-refractivity contribution in [3.63, 3.8) is 0 Å². The van der Waals surface area contributed by atoms with Gasteiger partial charge >= 0.3 is 5.97 Å². The van der Waals surface area contributed by atoms with Gasteiger partial charge in [-0.05, 0) is 15.5 Å². The number of hydrogen-bond donors (Lipinski definition) is 2. The summed E-state index contributed by atoms with van der Waals surface area (Å²) in [6.45, 7) is 0. The molecule has 0 amide bonds. The Morgan fingerprint density at radius 3 is 1.72 bits per heavy atom. The van der Waals surface area contributed by atoms with E-state index in [9.17, 15) is 4.79 Å². The molecule has 0 aliphatic carbocycles. The Morgan fingerprint density at radius 2 is 1.33 bits per heavy atom. The van der Waals surface area contributed by atoms with E-state index < -0.39 is 16.9 Å². The molecule has 0 atom stereocenters. The first kappa shape index (κ1) is 12.7. The number of carboxylic acid groups (broad SMARTS) is 1. The van der Waals surface area contributed by atoms with Crippen molar-refractivity contribution < 1.29 is 9.90 Å². The molecule has 0 spiro atoms. The normalized spacial score (nSPS) is 11.0. The average molecular weight is 260 g/mol. The fourth-order valence-corrected chi connectivity index (χ4v) is 4.12. The predicted molar refractivity (Wildman–Crippen MR) is 75.5 cm³/mol. The van der Waals surface area contributed by atoms with E-state index in [-0.39, 0.29) is 6.42 Å². The summed E-state index contributed by atoms with van der Waals surface area (Å²) in [5.74, 6) is -0.0343. The molecule has 0 bridgehead atoms. The summed E-state index contributed by atoms with van der Waals surface area (Å²) >= 11 is 0. The fraction of sp³-hybridized carbons (Fsp3) is 0.133. The van der Waals surface area contributed by atoms with Crippen molar-refractivity contribution in [3.05, 3.63) is 60.7 Å². The summed E-state index contributed by atoms with van der Waals surface area (Å²) < 4.78 is 0. The molecule has 1 N–H and O–H groups in total. The summed E-state index contributed by atoms with van der Waals surface area (Å²) in [5.41, 5.74) is 0. The van der Waals surface area contributed by atoms with Crippen molar-refractivity contribution in [3.8, 4) is 0 Å². The Hall–Kier alpha value is -1.74. The molecule has 2 nitrogen and oxygen atoms in total. The number of benzene rings is 2. The fourth-order valence-electron chi connectivity index (χ4n) is 1.83. The third-order valence-corrected chi connectivity index (χ3v) is 5.20. The first-order chi connectivity index (χ1) is 8.77. The monoisotopic (exact) mass is 260 g/mol. The van der Waals surface area contributed by atoms with E-state index >= 15 is 0 Å². The second kappa shape index (κ2) is 6.26. The van der Waals surface area contributed by atoms with Gasteiger partial charge < -0.3 is 5.11 Å². The van der Waals surface area contributed by atoms with Gasteiger partial charge in [-0.15, -0.1) is 0 Å². The molecule has 0 saturated heterocycles. The molecule has 3 heteroatoms. The van der Waals surface area contributed by atoms with E-state index in [0.29, 0.717) is 5.75 Å². The minimum Gasteiger partial charge on any atom is -0.481 e. The van der Waals surface area contributed by atoms with E-state index in [0.717, 1.165) is 0 Å². The molecular formula is C15H16O2S. The summed E-state index contributed by atoms with van der Waals surface area (Å²) in [4.78, 5) is 13.2. The number of carbonyl (C=O) groups is 1. The van der Waals surface area contributed by atoms with Crippen LogP contribution in [0.15, 0.2) is 70.5 Å². The third kappa shape index (κ3) is 3.37. The lowest BCUT2D eigenvalue weighted by Gasteiger charge is -2.21. The second-order valence-electron chi connectivity index (χ2n) is 3.97. The molecular weight excluding hydrogens is 244 g/mol. The van der Waals surface area contributed by atoms with Crippen LogP contribution in [0.2, 0.25) is 0 Å². The highest BCUT2D eigenvalue weighted by molar-refractivity contribution is 8.17. The van der Waals surface area contributed by atoms with Crippen LogP contribution in [0.4, 0.5) is 0 Å². The van der Waals surface area contributed by atoms with Crippen molar-refractivity contribution in [2.75, 3.05) is 5.75 Å². The molecule has 0 aliphatic heterocycles. The molecule has 2 aromatic rings. The van der Waals surface area contributed by atoms with Gasteiger partial charge in [-0.2, -0.15) is 10.9 Å². The van der Waals surface area contributed by atoms with Gasteiger partial charge in [0.2, 0.25) is 0 Å². The highest BCUT2D eigenvalue weighted by Crippen LogP contribution is 2.44. The van der Waals surface area contributed by atoms with Crippen LogP contribution in [0, 0.1) is 0 Å². The molecule has 2 aromatic carbocycles. The SMILES string of the molecule is O=C(O)CC[SH](c1ccccc1)c1ccccc1. The van der Waals surface area contributed by atoms with Gasteiger partial charge in [0, 0.05) is 0 Å².